The minimum absolute atomic E-state index is 0.147. The van der Waals surface area contributed by atoms with Gasteiger partial charge in [0.2, 0.25) is 0 Å². The van der Waals surface area contributed by atoms with Gasteiger partial charge in [-0.2, -0.15) is 0 Å². The third-order valence-electron chi connectivity index (χ3n) is 1.44. The van der Waals surface area contributed by atoms with Gasteiger partial charge in [0.15, 0.2) is 0 Å². The first-order valence-corrected chi connectivity index (χ1v) is 4.22. The molecule has 13 heavy (non-hydrogen) atoms. The Morgan fingerprint density at radius 3 is 2.38 bits per heavy atom. The van der Waals surface area contributed by atoms with E-state index in [2.05, 4.69) is 0 Å². The van der Waals surface area contributed by atoms with E-state index in [4.69, 9.17) is 28.5 Å². The highest BCUT2D eigenvalue weighted by Crippen LogP contribution is 2.12. The Hall–Kier alpha value is -0.930. The summed E-state index contributed by atoms with van der Waals surface area (Å²) in [7, 11) is 0. The Balaban J connectivity index is 2.64. The normalized spacial score (nSPS) is 9.69. The molecule has 0 fully saturated rings. The van der Waals surface area contributed by atoms with Gasteiger partial charge in [-0.3, -0.25) is 0 Å². The summed E-state index contributed by atoms with van der Waals surface area (Å²) in [5.41, 5.74) is 0.793. The number of benzene rings is 1. The number of carbonyl (C=O) groups is 1. The van der Waals surface area contributed by atoms with Crippen molar-refractivity contribution in [3.05, 3.63) is 34.9 Å². The van der Waals surface area contributed by atoms with E-state index in [9.17, 15) is 4.79 Å². The zero-order valence-electron chi connectivity index (χ0n) is 6.58. The van der Waals surface area contributed by atoms with E-state index in [1.165, 1.54) is 0 Å². The van der Waals surface area contributed by atoms with E-state index in [0.717, 1.165) is 5.56 Å². The molecule has 0 bridgehead atoms. The summed E-state index contributed by atoms with van der Waals surface area (Å²) in [5.74, 6) is 0. The number of hydrogen-bond acceptors (Lipinski definition) is 1. The lowest BCUT2D eigenvalue weighted by atomic mass is 10.2. The van der Waals surface area contributed by atoms with Crippen molar-refractivity contribution >= 4 is 29.5 Å². The molecule has 1 aromatic carbocycles. The molecule has 0 radical (unpaired) electrons. The molecule has 0 heterocycles. The second kappa shape index (κ2) is 4.35. The van der Waals surface area contributed by atoms with Crippen molar-refractivity contribution < 1.29 is 9.90 Å². The van der Waals surface area contributed by atoms with Gasteiger partial charge in [-0.15, -0.1) is 0 Å². The first-order chi connectivity index (χ1) is 6.09. The molecule has 0 aromatic heterocycles. The molecule has 70 valence electrons. The lowest BCUT2D eigenvalue weighted by molar-refractivity contribution is 0.172. The second-order valence-electron chi connectivity index (χ2n) is 2.43. The number of halogens is 2. The van der Waals surface area contributed by atoms with Gasteiger partial charge in [0.25, 0.3) is 0 Å². The minimum atomic E-state index is -1.17. The van der Waals surface area contributed by atoms with E-state index in [-0.39, 0.29) is 6.54 Å². The van der Waals surface area contributed by atoms with Crippen LogP contribution < -0.4 is 0 Å². The van der Waals surface area contributed by atoms with Crippen LogP contribution in [0.2, 0.25) is 5.02 Å². The summed E-state index contributed by atoms with van der Waals surface area (Å²) in [6, 6.07) is 6.81. The van der Waals surface area contributed by atoms with Gasteiger partial charge >= 0.3 is 6.09 Å². The molecule has 1 aromatic rings. The third-order valence-corrected chi connectivity index (χ3v) is 1.96. The number of amides is 1. The Labute approximate surface area is 85.6 Å². The molecule has 0 aliphatic rings. The summed E-state index contributed by atoms with van der Waals surface area (Å²) in [6.45, 7) is 0.147. The van der Waals surface area contributed by atoms with E-state index in [0.29, 0.717) is 9.44 Å². The summed E-state index contributed by atoms with van der Waals surface area (Å²) in [5, 5.41) is 9.08. The molecule has 1 N–H and O–H groups in total. The van der Waals surface area contributed by atoms with Gasteiger partial charge in [0.05, 0.1) is 6.54 Å². The van der Waals surface area contributed by atoms with Crippen molar-refractivity contribution in [2.45, 2.75) is 6.54 Å². The number of nitrogens with zero attached hydrogens (tertiary/aromatic N) is 1. The summed E-state index contributed by atoms with van der Waals surface area (Å²) in [4.78, 5) is 10.3. The van der Waals surface area contributed by atoms with E-state index in [1.807, 2.05) is 0 Å². The SMILES string of the molecule is O=C(O)N(Cl)Cc1ccc(Cl)cc1. The van der Waals surface area contributed by atoms with Crippen LogP contribution in [0.5, 0.6) is 0 Å². The van der Waals surface area contributed by atoms with Crippen molar-refractivity contribution in [1.82, 2.24) is 4.42 Å². The van der Waals surface area contributed by atoms with Crippen molar-refractivity contribution in [3.8, 4) is 0 Å². The topological polar surface area (TPSA) is 40.5 Å². The third kappa shape index (κ3) is 3.13. The summed E-state index contributed by atoms with van der Waals surface area (Å²) in [6.07, 6.45) is -1.17. The monoisotopic (exact) mass is 219 g/mol. The lowest BCUT2D eigenvalue weighted by Gasteiger charge is -2.08. The fourth-order valence-electron chi connectivity index (χ4n) is 0.818. The van der Waals surface area contributed by atoms with Crippen LogP contribution in [0.15, 0.2) is 24.3 Å². The minimum Gasteiger partial charge on any atom is -0.464 e. The maximum absolute atomic E-state index is 10.3. The molecule has 0 saturated carbocycles. The van der Waals surface area contributed by atoms with Crippen molar-refractivity contribution in [3.63, 3.8) is 0 Å². The molecular weight excluding hydrogens is 213 g/mol. The van der Waals surface area contributed by atoms with Crippen LogP contribution in [0.3, 0.4) is 0 Å². The fraction of sp³-hybridized carbons (Fsp3) is 0.125. The molecule has 0 aliphatic carbocycles. The van der Waals surface area contributed by atoms with Gasteiger partial charge in [0, 0.05) is 16.8 Å². The molecule has 0 aliphatic heterocycles. The lowest BCUT2D eigenvalue weighted by Crippen LogP contribution is -2.18. The zero-order valence-corrected chi connectivity index (χ0v) is 8.09. The van der Waals surface area contributed by atoms with Gasteiger partial charge in [-0.25, -0.2) is 9.21 Å². The van der Waals surface area contributed by atoms with Crippen LogP contribution in [-0.4, -0.2) is 15.6 Å². The van der Waals surface area contributed by atoms with Crippen molar-refractivity contribution in [2.24, 2.45) is 0 Å². The first-order valence-electron chi connectivity index (χ1n) is 3.50. The molecule has 0 atom stereocenters. The van der Waals surface area contributed by atoms with Gasteiger partial charge in [-0.1, -0.05) is 23.7 Å². The molecule has 5 heteroatoms. The number of carboxylic acid groups (broad SMARTS) is 1. The number of rotatable bonds is 2. The van der Waals surface area contributed by atoms with Crippen LogP contribution in [0, 0.1) is 0 Å². The van der Waals surface area contributed by atoms with Crippen LogP contribution in [0.4, 0.5) is 4.79 Å². The van der Waals surface area contributed by atoms with E-state index >= 15 is 0 Å². The average Bonchev–Trinajstić information content (AvgIpc) is 2.08. The van der Waals surface area contributed by atoms with Crippen molar-refractivity contribution in [2.75, 3.05) is 0 Å². The number of hydrogen-bond donors (Lipinski definition) is 1. The maximum atomic E-state index is 10.3. The Bertz CT molecular complexity index is 300. The van der Waals surface area contributed by atoms with Gasteiger partial charge < -0.3 is 5.11 Å². The van der Waals surface area contributed by atoms with Crippen LogP contribution in [0.1, 0.15) is 5.56 Å². The van der Waals surface area contributed by atoms with Crippen molar-refractivity contribution in [1.29, 1.82) is 0 Å². The molecule has 0 saturated heterocycles. The van der Waals surface area contributed by atoms with E-state index < -0.39 is 6.09 Å². The second-order valence-corrected chi connectivity index (χ2v) is 3.27. The Morgan fingerprint density at radius 2 is 1.92 bits per heavy atom. The summed E-state index contributed by atoms with van der Waals surface area (Å²) >= 11 is 11.0. The average molecular weight is 220 g/mol. The Morgan fingerprint density at radius 1 is 1.38 bits per heavy atom. The van der Waals surface area contributed by atoms with E-state index in [1.54, 1.807) is 24.3 Å². The Kier molecular flexibility index (Phi) is 3.39. The molecular formula is C8H7Cl2NO2. The molecule has 0 unspecified atom stereocenters. The fourth-order valence-corrected chi connectivity index (χ4v) is 1.08. The predicted octanol–water partition coefficient (Wildman–Crippen LogP) is 2.97. The largest absolute Gasteiger partial charge is 0.464 e. The van der Waals surface area contributed by atoms with Crippen LogP contribution in [-0.2, 0) is 6.54 Å². The standard InChI is InChI=1S/C8H7Cl2NO2/c9-7-3-1-6(2-4-7)5-11(10)8(12)13/h1-4H,5H2,(H,12,13). The van der Waals surface area contributed by atoms with Gasteiger partial charge in [0.1, 0.15) is 0 Å². The highest BCUT2D eigenvalue weighted by atomic mass is 35.5. The molecule has 0 spiro atoms. The van der Waals surface area contributed by atoms with Crippen LogP contribution >= 0.6 is 23.4 Å². The smallest absolute Gasteiger partial charge is 0.422 e. The highest BCUT2D eigenvalue weighted by molar-refractivity contribution is 6.30. The zero-order chi connectivity index (χ0) is 9.84. The predicted molar refractivity (Wildman–Crippen MR) is 50.9 cm³/mol. The first kappa shape index (κ1) is 10.2. The quantitative estimate of drug-likeness (QED) is 0.778. The van der Waals surface area contributed by atoms with Crippen LogP contribution in [0.25, 0.3) is 0 Å². The highest BCUT2D eigenvalue weighted by Gasteiger charge is 2.07. The maximum Gasteiger partial charge on any atom is 0.422 e. The molecule has 3 nitrogen and oxygen atoms in total. The summed E-state index contributed by atoms with van der Waals surface area (Å²) < 4.78 is 0.684. The molecule has 1 rings (SSSR count). The van der Waals surface area contributed by atoms with Gasteiger partial charge in [-0.05, 0) is 17.7 Å². The molecule has 1 amide bonds.